The topological polar surface area (TPSA) is 15.8 Å². The Labute approximate surface area is 81.8 Å². The molecular formula is C11H13NS. The Morgan fingerprint density at radius 1 is 1.31 bits per heavy atom. The van der Waals surface area contributed by atoms with E-state index in [1.807, 2.05) is 17.5 Å². The van der Waals surface area contributed by atoms with Crippen LogP contribution in [0, 0.1) is 0 Å². The largest absolute Gasteiger partial charge is 0.360 e. The fourth-order valence-corrected chi connectivity index (χ4v) is 3.48. The molecule has 2 aromatic heterocycles. The van der Waals surface area contributed by atoms with E-state index in [1.54, 1.807) is 4.88 Å². The fraction of sp³-hybridized carbons (Fsp3) is 0.455. The van der Waals surface area contributed by atoms with Gasteiger partial charge in [0.1, 0.15) is 0 Å². The van der Waals surface area contributed by atoms with Crippen molar-refractivity contribution in [2.75, 3.05) is 0 Å². The maximum absolute atomic E-state index is 3.27. The average molecular weight is 191 g/mol. The Bertz CT molecular complexity index is 378. The second-order valence-electron chi connectivity index (χ2n) is 3.89. The van der Waals surface area contributed by atoms with Crippen molar-refractivity contribution in [3.05, 3.63) is 23.2 Å². The first kappa shape index (κ1) is 7.63. The van der Waals surface area contributed by atoms with Crippen molar-refractivity contribution in [1.82, 2.24) is 4.98 Å². The summed E-state index contributed by atoms with van der Waals surface area (Å²) in [7, 11) is 0. The van der Waals surface area contributed by atoms with Crippen LogP contribution in [0.2, 0.25) is 0 Å². The summed E-state index contributed by atoms with van der Waals surface area (Å²) < 4.78 is 1.42. The van der Waals surface area contributed by atoms with Crippen LogP contribution in [0.5, 0.6) is 0 Å². The minimum atomic E-state index is 0.866. The van der Waals surface area contributed by atoms with Gasteiger partial charge in [0.15, 0.2) is 0 Å². The number of nitrogens with one attached hydrogen (secondary N) is 1. The van der Waals surface area contributed by atoms with E-state index in [1.165, 1.54) is 35.9 Å². The van der Waals surface area contributed by atoms with Crippen LogP contribution in [-0.4, -0.2) is 4.98 Å². The Hall–Kier alpha value is -0.760. The van der Waals surface area contributed by atoms with E-state index in [0.29, 0.717) is 0 Å². The lowest BCUT2D eigenvalue weighted by atomic mass is 10.1. The van der Waals surface area contributed by atoms with Crippen LogP contribution >= 0.6 is 11.3 Å². The number of thiophene rings is 1. The van der Waals surface area contributed by atoms with Crippen LogP contribution in [0.25, 0.3) is 10.2 Å². The van der Waals surface area contributed by atoms with Crippen LogP contribution in [0.1, 0.15) is 36.5 Å². The molecule has 3 rings (SSSR count). The van der Waals surface area contributed by atoms with Gasteiger partial charge in [-0.05, 0) is 30.9 Å². The molecule has 0 aliphatic heterocycles. The van der Waals surface area contributed by atoms with Crippen LogP contribution in [0.3, 0.4) is 0 Å². The summed E-state index contributed by atoms with van der Waals surface area (Å²) in [6.07, 6.45) is 7.69. The first-order chi connectivity index (χ1) is 6.43. The summed E-state index contributed by atoms with van der Waals surface area (Å²) in [4.78, 5) is 4.87. The summed E-state index contributed by atoms with van der Waals surface area (Å²) in [5.74, 6) is 0.866. The monoisotopic (exact) mass is 191 g/mol. The Morgan fingerprint density at radius 3 is 2.92 bits per heavy atom. The molecule has 13 heavy (non-hydrogen) atoms. The van der Waals surface area contributed by atoms with Crippen molar-refractivity contribution < 1.29 is 0 Å². The summed E-state index contributed by atoms with van der Waals surface area (Å²) >= 11 is 1.97. The van der Waals surface area contributed by atoms with Crippen molar-refractivity contribution in [3.8, 4) is 0 Å². The molecule has 0 unspecified atom stereocenters. The molecule has 1 N–H and O–H groups in total. The maximum Gasteiger partial charge on any atom is 0.0566 e. The maximum atomic E-state index is 3.27. The van der Waals surface area contributed by atoms with Crippen molar-refractivity contribution >= 4 is 21.6 Å². The number of fused-ring (bicyclic) bond motifs is 1. The van der Waals surface area contributed by atoms with E-state index in [0.717, 1.165) is 5.92 Å². The third-order valence-electron chi connectivity index (χ3n) is 3.01. The molecule has 2 aromatic rings. The first-order valence-corrected chi connectivity index (χ1v) is 5.82. The summed E-state index contributed by atoms with van der Waals surface area (Å²) in [6.45, 7) is 0. The van der Waals surface area contributed by atoms with Gasteiger partial charge in [0.05, 0.1) is 10.2 Å². The number of H-pyrrole nitrogens is 1. The standard InChI is InChI=1S/C11H13NS/c1-2-4-8(3-1)11-7-9-10(13-11)5-6-12-9/h5-8,12H,1-4H2. The van der Waals surface area contributed by atoms with E-state index in [2.05, 4.69) is 17.1 Å². The van der Waals surface area contributed by atoms with E-state index in [-0.39, 0.29) is 0 Å². The van der Waals surface area contributed by atoms with Crippen LogP contribution < -0.4 is 0 Å². The van der Waals surface area contributed by atoms with Gasteiger partial charge in [-0.15, -0.1) is 11.3 Å². The number of hydrogen-bond acceptors (Lipinski definition) is 1. The first-order valence-electron chi connectivity index (χ1n) is 5.00. The van der Waals surface area contributed by atoms with Gasteiger partial charge in [0.2, 0.25) is 0 Å². The van der Waals surface area contributed by atoms with E-state index in [4.69, 9.17) is 0 Å². The molecule has 0 aromatic carbocycles. The molecule has 0 radical (unpaired) electrons. The molecule has 1 saturated carbocycles. The molecule has 0 saturated heterocycles. The van der Waals surface area contributed by atoms with Crippen molar-refractivity contribution in [2.24, 2.45) is 0 Å². The molecular weight excluding hydrogens is 178 g/mol. The third kappa shape index (κ3) is 1.20. The summed E-state index contributed by atoms with van der Waals surface area (Å²) in [5.41, 5.74) is 1.33. The molecule has 0 amide bonds. The molecule has 0 spiro atoms. The molecule has 2 heteroatoms. The molecule has 1 aliphatic rings. The minimum Gasteiger partial charge on any atom is -0.360 e. The van der Waals surface area contributed by atoms with Gasteiger partial charge in [-0.2, -0.15) is 0 Å². The van der Waals surface area contributed by atoms with Crippen molar-refractivity contribution in [3.63, 3.8) is 0 Å². The molecule has 2 heterocycles. The van der Waals surface area contributed by atoms with Gasteiger partial charge >= 0.3 is 0 Å². The van der Waals surface area contributed by atoms with Crippen LogP contribution in [0.4, 0.5) is 0 Å². The Balaban J connectivity index is 2.02. The lowest BCUT2D eigenvalue weighted by molar-refractivity contribution is 0.738. The normalized spacial score (nSPS) is 18.8. The van der Waals surface area contributed by atoms with Gasteiger partial charge in [0.25, 0.3) is 0 Å². The molecule has 0 atom stereocenters. The van der Waals surface area contributed by atoms with Crippen molar-refractivity contribution in [2.45, 2.75) is 31.6 Å². The predicted molar refractivity (Wildman–Crippen MR) is 57.4 cm³/mol. The number of aromatic nitrogens is 1. The number of aromatic amines is 1. The second-order valence-corrected chi connectivity index (χ2v) is 5.00. The zero-order valence-electron chi connectivity index (χ0n) is 7.55. The average Bonchev–Trinajstić information content (AvgIpc) is 2.78. The highest BCUT2D eigenvalue weighted by molar-refractivity contribution is 7.19. The van der Waals surface area contributed by atoms with Crippen molar-refractivity contribution in [1.29, 1.82) is 0 Å². The number of rotatable bonds is 1. The minimum absolute atomic E-state index is 0.866. The Kier molecular flexibility index (Phi) is 1.69. The smallest absolute Gasteiger partial charge is 0.0566 e. The van der Waals surface area contributed by atoms with E-state index < -0.39 is 0 Å². The highest BCUT2D eigenvalue weighted by Gasteiger charge is 2.19. The molecule has 1 nitrogen and oxygen atoms in total. The van der Waals surface area contributed by atoms with Gasteiger partial charge in [0, 0.05) is 11.1 Å². The summed E-state index contributed by atoms with van der Waals surface area (Å²) in [5, 5.41) is 0. The third-order valence-corrected chi connectivity index (χ3v) is 4.27. The van der Waals surface area contributed by atoms with Crippen LogP contribution in [-0.2, 0) is 0 Å². The quantitative estimate of drug-likeness (QED) is 0.704. The second kappa shape index (κ2) is 2.88. The zero-order chi connectivity index (χ0) is 8.67. The Morgan fingerprint density at radius 2 is 2.15 bits per heavy atom. The fourth-order valence-electron chi connectivity index (χ4n) is 2.28. The number of hydrogen-bond donors (Lipinski definition) is 1. The van der Waals surface area contributed by atoms with E-state index in [9.17, 15) is 0 Å². The molecule has 1 aliphatic carbocycles. The van der Waals surface area contributed by atoms with Crippen LogP contribution in [0.15, 0.2) is 18.3 Å². The van der Waals surface area contributed by atoms with Gasteiger partial charge < -0.3 is 4.98 Å². The molecule has 68 valence electrons. The highest BCUT2D eigenvalue weighted by Crippen LogP contribution is 2.39. The molecule has 0 bridgehead atoms. The molecule has 1 fully saturated rings. The van der Waals surface area contributed by atoms with Gasteiger partial charge in [-0.25, -0.2) is 0 Å². The lowest BCUT2D eigenvalue weighted by Crippen LogP contribution is -1.85. The lowest BCUT2D eigenvalue weighted by Gasteiger charge is -2.03. The van der Waals surface area contributed by atoms with Gasteiger partial charge in [-0.3, -0.25) is 0 Å². The SMILES string of the molecule is c1cc2sc(C3CCCC3)cc2[nH]1. The summed E-state index contributed by atoms with van der Waals surface area (Å²) in [6, 6.07) is 4.52. The highest BCUT2D eigenvalue weighted by atomic mass is 32.1. The van der Waals surface area contributed by atoms with Gasteiger partial charge in [-0.1, -0.05) is 12.8 Å². The zero-order valence-corrected chi connectivity index (χ0v) is 8.36. The predicted octanol–water partition coefficient (Wildman–Crippen LogP) is 3.89. The van der Waals surface area contributed by atoms with E-state index >= 15 is 0 Å².